The number of likely N-dealkylation sites (tertiary alicyclic amines) is 1. The van der Waals surface area contributed by atoms with E-state index in [1.54, 1.807) is 86.3 Å². The summed E-state index contributed by atoms with van der Waals surface area (Å²) in [5, 5.41) is 25.9. The lowest BCUT2D eigenvalue weighted by molar-refractivity contribution is -0.143. The lowest BCUT2D eigenvalue weighted by Gasteiger charge is -2.36. The number of piperazine rings is 1. The van der Waals surface area contributed by atoms with Gasteiger partial charge in [-0.1, -0.05) is 51.1 Å². The second kappa shape index (κ2) is 19.5. The number of β-amino-alcohol motifs (C(OH)–C–C–N with tert-alkyl or cyclic N) is 1. The number of nitrogens with one attached hydrogen (secondary N) is 4. The minimum Gasteiger partial charge on any atom is -0.494 e. The Balaban J connectivity index is 0.935. The first-order chi connectivity index (χ1) is 30.9. The van der Waals surface area contributed by atoms with Crippen molar-refractivity contribution in [3.8, 4) is 27.6 Å². The standard InChI is InChI=1S/C45H54N10O8S2/c1-27(29-10-12-30(13-11-29)40-28(2)46-26-64-40)48-43(59)37-23-32(56)24-55(37)44(60)41(45(3,4)5)51-39(57)25-65(61,62)54-20-18-53(19-21-54)31-14-15-35(38(22-31)63-6)50-42(58)36-9-7-8-33(49-36)34-16-17-47-52-34/h7-17,22,26-27,32,37,41,56H,18-21,23-25H2,1-6H3,(H,47,52)(H,48,59)(H,50,58)(H,51,57)/t27-,32+,37-,41?/m0/s1. The van der Waals surface area contributed by atoms with Gasteiger partial charge in [-0.25, -0.2) is 18.4 Å². The summed E-state index contributed by atoms with van der Waals surface area (Å²) >= 11 is 1.55. The molecule has 7 rings (SSSR count). The van der Waals surface area contributed by atoms with Gasteiger partial charge < -0.3 is 35.6 Å². The molecule has 0 bridgehead atoms. The van der Waals surface area contributed by atoms with Crippen LogP contribution in [0.5, 0.6) is 5.75 Å². The number of nitrogens with zero attached hydrogens (tertiary/aromatic N) is 6. The predicted octanol–water partition coefficient (Wildman–Crippen LogP) is 3.99. The van der Waals surface area contributed by atoms with Crippen LogP contribution in [0.4, 0.5) is 11.4 Å². The number of aliphatic hydroxyl groups excluding tert-OH is 1. The van der Waals surface area contributed by atoms with Gasteiger partial charge in [0.2, 0.25) is 27.7 Å². The minimum absolute atomic E-state index is 0.00698. The predicted molar refractivity (Wildman–Crippen MR) is 247 cm³/mol. The number of H-pyrrole nitrogens is 1. The van der Waals surface area contributed by atoms with Crippen LogP contribution in [0.3, 0.4) is 0 Å². The number of rotatable bonds is 14. The van der Waals surface area contributed by atoms with Crippen molar-refractivity contribution in [2.24, 2.45) is 5.41 Å². The number of amides is 4. The van der Waals surface area contributed by atoms with Gasteiger partial charge in [0.25, 0.3) is 5.91 Å². The minimum atomic E-state index is -4.11. The Morgan fingerprint density at radius 3 is 2.38 bits per heavy atom. The van der Waals surface area contributed by atoms with Crippen molar-refractivity contribution in [2.45, 2.75) is 65.3 Å². The molecule has 65 heavy (non-hydrogen) atoms. The topological polar surface area (TPSA) is 232 Å². The number of methoxy groups -OCH3 is 1. The molecule has 5 heterocycles. The lowest BCUT2D eigenvalue weighted by Crippen LogP contribution is -2.59. The molecule has 2 fully saturated rings. The maximum absolute atomic E-state index is 14.2. The Bertz CT molecular complexity index is 2620. The summed E-state index contributed by atoms with van der Waals surface area (Å²) in [5.41, 5.74) is 6.30. The molecule has 2 aliphatic heterocycles. The fourth-order valence-corrected chi connectivity index (χ4v) is 10.1. The number of anilines is 2. The number of thiazole rings is 1. The number of pyridine rings is 1. The zero-order chi connectivity index (χ0) is 46.6. The van der Waals surface area contributed by atoms with Crippen LogP contribution in [-0.4, -0.2) is 130 Å². The molecule has 0 saturated carbocycles. The Morgan fingerprint density at radius 2 is 1.74 bits per heavy atom. The molecule has 4 amide bonds. The van der Waals surface area contributed by atoms with Crippen LogP contribution in [0.1, 0.15) is 61.9 Å². The zero-order valence-corrected chi connectivity index (χ0v) is 38.7. The van der Waals surface area contributed by atoms with E-state index >= 15 is 0 Å². The monoisotopic (exact) mass is 926 g/mol. The molecule has 2 aliphatic rings. The number of aliphatic hydroxyl groups is 1. The van der Waals surface area contributed by atoms with E-state index in [2.05, 4.69) is 36.1 Å². The maximum atomic E-state index is 14.2. The van der Waals surface area contributed by atoms with E-state index in [0.29, 0.717) is 35.9 Å². The van der Waals surface area contributed by atoms with E-state index in [1.165, 1.54) is 16.3 Å². The molecule has 344 valence electrons. The summed E-state index contributed by atoms with van der Waals surface area (Å²) in [6.07, 6.45) is 0.634. The molecule has 20 heteroatoms. The largest absolute Gasteiger partial charge is 0.494 e. The molecule has 5 aromatic rings. The highest BCUT2D eigenvalue weighted by molar-refractivity contribution is 7.89. The first-order valence-electron chi connectivity index (χ1n) is 21.2. The third-order valence-electron chi connectivity index (χ3n) is 11.6. The van der Waals surface area contributed by atoms with Gasteiger partial charge in [-0.05, 0) is 60.7 Å². The molecule has 5 N–H and O–H groups in total. The average molecular weight is 927 g/mol. The third-order valence-corrected chi connectivity index (χ3v) is 14.3. The highest BCUT2D eigenvalue weighted by Gasteiger charge is 2.45. The number of ether oxygens (including phenoxy) is 1. The molecular weight excluding hydrogens is 873 g/mol. The van der Waals surface area contributed by atoms with Crippen LogP contribution in [0, 0.1) is 12.3 Å². The van der Waals surface area contributed by atoms with Gasteiger partial charge in [0.15, 0.2) is 0 Å². The number of sulfonamides is 1. The van der Waals surface area contributed by atoms with Crippen LogP contribution in [0.2, 0.25) is 0 Å². The molecular formula is C45H54N10O8S2. The molecule has 0 radical (unpaired) electrons. The van der Waals surface area contributed by atoms with Crippen LogP contribution in [-0.2, 0) is 24.4 Å². The summed E-state index contributed by atoms with van der Waals surface area (Å²) in [5.74, 6) is -2.84. The first kappa shape index (κ1) is 46.8. The molecule has 0 aliphatic carbocycles. The zero-order valence-electron chi connectivity index (χ0n) is 37.1. The number of aromatic amines is 1. The SMILES string of the molecule is COc1cc(N2CCN(S(=O)(=O)CC(=O)NC(C(=O)N3C[C@H](O)C[C@H]3C(=O)N[C@@H](C)c3ccc(-c4scnc4C)cc3)C(C)(C)C)CC2)ccc1NC(=O)c1cccc(-c2ccn[nH]2)n1. The lowest BCUT2D eigenvalue weighted by atomic mass is 9.85. The fourth-order valence-electron chi connectivity index (χ4n) is 7.98. The number of benzene rings is 2. The van der Waals surface area contributed by atoms with Crippen molar-refractivity contribution < 1.29 is 37.4 Å². The Labute approximate surface area is 381 Å². The molecule has 3 aromatic heterocycles. The summed E-state index contributed by atoms with van der Waals surface area (Å²) in [4.78, 5) is 67.7. The van der Waals surface area contributed by atoms with E-state index in [4.69, 9.17) is 4.74 Å². The molecule has 18 nitrogen and oxygen atoms in total. The number of carbonyl (C=O) groups is 4. The van der Waals surface area contributed by atoms with Crippen molar-refractivity contribution in [2.75, 3.05) is 55.8 Å². The van der Waals surface area contributed by atoms with Gasteiger partial charge in [-0.15, -0.1) is 11.3 Å². The number of hydrogen-bond donors (Lipinski definition) is 5. The van der Waals surface area contributed by atoms with Crippen molar-refractivity contribution in [3.63, 3.8) is 0 Å². The van der Waals surface area contributed by atoms with Crippen LogP contribution in [0.25, 0.3) is 21.8 Å². The summed E-state index contributed by atoms with van der Waals surface area (Å²) in [6.45, 7) is 9.66. The number of aryl methyl sites for hydroxylation is 1. The van der Waals surface area contributed by atoms with Crippen molar-refractivity contribution >= 4 is 56.4 Å². The Hall–Kier alpha value is -6.22. The number of aromatic nitrogens is 4. The normalized spacial score (nSPS) is 17.9. The van der Waals surface area contributed by atoms with Gasteiger partial charge >= 0.3 is 0 Å². The molecule has 4 atom stereocenters. The number of carbonyl (C=O) groups excluding carboxylic acids is 4. The number of hydrogen-bond acceptors (Lipinski definition) is 13. The summed E-state index contributed by atoms with van der Waals surface area (Å²) < 4.78 is 34.1. The smallest absolute Gasteiger partial charge is 0.274 e. The van der Waals surface area contributed by atoms with E-state index in [0.717, 1.165) is 27.4 Å². The summed E-state index contributed by atoms with van der Waals surface area (Å²) in [7, 11) is -2.63. The van der Waals surface area contributed by atoms with Gasteiger partial charge in [0.1, 0.15) is 29.3 Å². The summed E-state index contributed by atoms with van der Waals surface area (Å²) in [6, 6.07) is 17.3. The van der Waals surface area contributed by atoms with Gasteiger partial charge in [0, 0.05) is 57.1 Å². The molecule has 0 spiro atoms. The van der Waals surface area contributed by atoms with Gasteiger partial charge in [-0.2, -0.15) is 9.40 Å². The highest BCUT2D eigenvalue weighted by atomic mass is 32.2. The quantitative estimate of drug-likeness (QED) is 0.107. The van der Waals surface area contributed by atoms with Crippen molar-refractivity contribution in [1.29, 1.82) is 0 Å². The fraction of sp³-hybridized carbons (Fsp3) is 0.400. The molecule has 2 saturated heterocycles. The van der Waals surface area contributed by atoms with Crippen LogP contribution < -0.4 is 25.6 Å². The van der Waals surface area contributed by atoms with E-state index < -0.39 is 69.0 Å². The van der Waals surface area contributed by atoms with Crippen molar-refractivity contribution in [1.82, 2.24) is 40.0 Å². The first-order valence-corrected chi connectivity index (χ1v) is 23.7. The highest BCUT2D eigenvalue weighted by Crippen LogP contribution is 2.32. The van der Waals surface area contributed by atoms with Crippen LogP contribution >= 0.6 is 11.3 Å². The van der Waals surface area contributed by atoms with Gasteiger partial charge in [0.05, 0.1) is 52.4 Å². The maximum Gasteiger partial charge on any atom is 0.274 e. The van der Waals surface area contributed by atoms with E-state index in [9.17, 15) is 32.7 Å². The van der Waals surface area contributed by atoms with E-state index in [-0.39, 0.29) is 31.7 Å². The Kier molecular flexibility index (Phi) is 14.0. The Morgan fingerprint density at radius 1 is 1.00 bits per heavy atom. The average Bonchev–Trinajstić information content (AvgIpc) is 4.07. The van der Waals surface area contributed by atoms with Gasteiger partial charge in [-0.3, -0.25) is 24.3 Å². The van der Waals surface area contributed by atoms with Crippen LogP contribution in [0.15, 0.2) is 78.4 Å². The van der Waals surface area contributed by atoms with Crippen molar-refractivity contribution in [3.05, 3.63) is 95.4 Å². The molecule has 2 aromatic carbocycles. The van der Waals surface area contributed by atoms with E-state index in [1.807, 2.05) is 43.0 Å². The molecule has 1 unspecified atom stereocenters. The second-order valence-electron chi connectivity index (χ2n) is 17.2. The second-order valence-corrected chi connectivity index (χ2v) is 20.1. The third kappa shape index (κ3) is 10.8.